The van der Waals surface area contributed by atoms with Gasteiger partial charge in [0.2, 0.25) is 5.91 Å². The summed E-state index contributed by atoms with van der Waals surface area (Å²) in [6.07, 6.45) is 1.58. The van der Waals surface area contributed by atoms with Gasteiger partial charge in [-0.2, -0.15) is 0 Å². The molecule has 0 spiro atoms. The van der Waals surface area contributed by atoms with Crippen LogP contribution in [0.5, 0.6) is 0 Å². The van der Waals surface area contributed by atoms with Gasteiger partial charge >= 0.3 is 12.2 Å². The third-order valence-electron chi connectivity index (χ3n) is 8.47. The van der Waals surface area contributed by atoms with Gasteiger partial charge in [-0.05, 0) is 37.5 Å². The van der Waals surface area contributed by atoms with Crippen LogP contribution in [0.2, 0.25) is 0 Å². The highest BCUT2D eigenvalue weighted by atomic mass is 16.6. The number of nitrogens with one attached hydrogen (secondary N) is 4. The molecular weight excluding hydrogens is 662 g/mol. The van der Waals surface area contributed by atoms with Crippen molar-refractivity contribution in [2.75, 3.05) is 11.4 Å². The molecule has 0 saturated heterocycles. The van der Waals surface area contributed by atoms with Crippen molar-refractivity contribution in [2.24, 2.45) is 0 Å². The smallest absolute Gasteiger partial charge is 0.415 e. The molecule has 13 nitrogen and oxygen atoms in total. The van der Waals surface area contributed by atoms with Crippen LogP contribution >= 0.6 is 0 Å². The zero-order valence-corrected chi connectivity index (χ0v) is 29.4. The Morgan fingerprint density at radius 1 is 0.981 bits per heavy atom. The Morgan fingerprint density at radius 2 is 1.60 bits per heavy atom. The number of aromatic nitrogens is 2. The molecule has 5 rings (SSSR count). The lowest BCUT2D eigenvalue weighted by Gasteiger charge is -2.28. The number of amidine groups is 1. The van der Waals surface area contributed by atoms with E-state index in [4.69, 9.17) is 14.9 Å². The van der Waals surface area contributed by atoms with E-state index in [1.165, 1.54) is 16.8 Å². The van der Waals surface area contributed by atoms with E-state index in [9.17, 15) is 19.2 Å². The van der Waals surface area contributed by atoms with Crippen molar-refractivity contribution in [1.82, 2.24) is 25.5 Å². The maximum atomic E-state index is 14.2. The number of nitrogens with zero attached hydrogens (tertiary/aromatic N) is 3. The van der Waals surface area contributed by atoms with Gasteiger partial charge in [0.15, 0.2) is 0 Å². The Kier molecular flexibility index (Phi) is 12.0. The predicted molar refractivity (Wildman–Crippen MR) is 197 cm³/mol. The van der Waals surface area contributed by atoms with Crippen LogP contribution in [0.1, 0.15) is 61.3 Å². The Morgan fingerprint density at radius 3 is 2.19 bits per heavy atom. The van der Waals surface area contributed by atoms with Crippen molar-refractivity contribution in [3.8, 4) is 0 Å². The molecule has 270 valence electrons. The summed E-state index contributed by atoms with van der Waals surface area (Å²) < 4.78 is 12.1. The summed E-state index contributed by atoms with van der Waals surface area (Å²) in [5.74, 6) is -0.160. The van der Waals surface area contributed by atoms with Gasteiger partial charge in [-0.3, -0.25) is 29.8 Å². The second kappa shape index (κ2) is 16.8. The summed E-state index contributed by atoms with van der Waals surface area (Å²) in [7, 11) is 0. The van der Waals surface area contributed by atoms with E-state index in [-0.39, 0.29) is 50.3 Å². The average Bonchev–Trinajstić information content (AvgIpc) is 3.44. The quantitative estimate of drug-likeness (QED) is 0.0826. The average molecular weight is 706 g/mol. The molecule has 0 bridgehead atoms. The fourth-order valence-electron chi connectivity index (χ4n) is 6.11. The first-order chi connectivity index (χ1) is 25.0. The summed E-state index contributed by atoms with van der Waals surface area (Å²) in [4.78, 5) is 59.3. The first-order valence-corrected chi connectivity index (χ1v) is 16.9. The van der Waals surface area contributed by atoms with Gasteiger partial charge in [0.25, 0.3) is 5.56 Å². The highest BCUT2D eigenvalue weighted by Gasteiger charge is 2.46. The van der Waals surface area contributed by atoms with Gasteiger partial charge < -0.3 is 20.1 Å². The van der Waals surface area contributed by atoms with Gasteiger partial charge in [-0.1, -0.05) is 91.0 Å². The number of anilines is 1. The number of ether oxygens (including phenoxy) is 2. The molecule has 1 aliphatic rings. The second-order valence-electron chi connectivity index (χ2n) is 12.9. The number of amides is 3. The first-order valence-electron chi connectivity index (χ1n) is 16.9. The zero-order valence-electron chi connectivity index (χ0n) is 29.4. The molecule has 3 aromatic carbocycles. The molecule has 2 atom stereocenters. The molecular formula is C39H43N7O6. The van der Waals surface area contributed by atoms with Crippen molar-refractivity contribution >= 4 is 29.6 Å². The van der Waals surface area contributed by atoms with Crippen LogP contribution in [0.25, 0.3) is 0 Å². The molecule has 0 aliphatic carbocycles. The van der Waals surface area contributed by atoms with E-state index in [1.54, 1.807) is 24.3 Å². The number of rotatable bonds is 13. The zero-order chi connectivity index (χ0) is 37.3. The van der Waals surface area contributed by atoms with Crippen LogP contribution in [0, 0.1) is 5.41 Å². The number of carbonyl (C=O) groups is 3. The fraction of sp³-hybridized carbons (Fsp3) is 0.282. The van der Waals surface area contributed by atoms with Crippen molar-refractivity contribution < 1.29 is 23.9 Å². The largest absolute Gasteiger partial charge is 0.444 e. The summed E-state index contributed by atoms with van der Waals surface area (Å²) in [6, 6.07) is 24.3. The molecule has 0 fully saturated rings. The maximum absolute atomic E-state index is 14.2. The van der Waals surface area contributed by atoms with Gasteiger partial charge in [0.05, 0.1) is 11.7 Å². The summed E-state index contributed by atoms with van der Waals surface area (Å²) in [6.45, 7) is 9.78. The molecule has 0 unspecified atom stereocenters. The summed E-state index contributed by atoms with van der Waals surface area (Å²) >= 11 is 0. The molecule has 13 heteroatoms. The normalized spacial score (nSPS) is 16.0. The van der Waals surface area contributed by atoms with Gasteiger partial charge in [0.1, 0.15) is 36.6 Å². The van der Waals surface area contributed by atoms with Crippen LogP contribution in [-0.4, -0.2) is 46.1 Å². The molecule has 1 aliphatic heterocycles. The van der Waals surface area contributed by atoms with Gasteiger partial charge in [0, 0.05) is 31.1 Å². The predicted octanol–water partition coefficient (Wildman–Crippen LogP) is 5.30. The van der Waals surface area contributed by atoms with Crippen molar-refractivity contribution in [2.45, 2.75) is 64.6 Å². The van der Waals surface area contributed by atoms with Crippen LogP contribution in [0.3, 0.4) is 0 Å². The van der Waals surface area contributed by atoms with Gasteiger partial charge in [-0.15, -0.1) is 6.58 Å². The molecule has 1 aromatic heterocycles. The molecule has 3 amide bonds. The second-order valence-corrected chi connectivity index (χ2v) is 12.9. The lowest BCUT2D eigenvalue weighted by molar-refractivity contribution is -0.124. The SMILES string of the molecule is C=CCN(C(=O)OCc1ccccc1)c1cnc2n(c1=O)[C@H](C(=O)NCc1ccc(C(=N)NC(=O)OCc3ccccc3)cc1)C[C@@]2(C)NC(C)C. The lowest BCUT2D eigenvalue weighted by atomic mass is 9.95. The highest BCUT2D eigenvalue weighted by Crippen LogP contribution is 2.38. The first kappa shape index (κ1) is 37.2. The molecule has 0 saturated carbocycles. The van der Waals surface area contributed by atoms with E-state index < -0.39 is 35.2 Å². The third-order valence-corrected chi connectivity index (χ3v) is 8.47. The number of alkyl carbamates (subject to hydrolysis) is 1. The van der Waals surface area contributed by atoms with Crippen molar-refractivity contribution in [3.05, 3.63) is 142 Å². The van der Waals surface area contributed by atoms with E-state index in [0.29, 0.717) is 11.4 Å². The number of hydrogen-bond donors (Lipinski definition) is 4. The fourth-order valence-corrected chi connectivity index (χ4v) is 6.11. The molecule has 0 radical (unpaired) electrons. The van der Waals surface area contributed by atoms with Crippen LogP contribution in [-0.2, 0) is 39.6 Å². The number of carbonyl (C=O) groups excluding carboxylic acids is 3. The van der Waals surface area contributed by atoms with Crippen molar-refractivity contribution in [1.29, 1.82) is 5.41 Å². The Labute approximate surface area is 302 Å². The monoisotopic (exact) mass is 705 g/mol. The Hall–Kier alpha value is -6.08. The number of hydrogen-bond acceptors (Lipinski definition) is 9. The highest BCUT2D eigenvalue weighted by molar-refractivity contribution is 6.04. The minimum Gasteiger partial charge on any atom is -0.444 e. The van der Waals surface area contributed by atoms with Crippen LogP contribution < -0.4 is 26.4 Å². The number of fused-ring (bicyclic) bond motifs is 1. The molecule has 52 heavy (non-hydrogen) atoms. The molecule has 4 N–H and O–H groups in total. The minimum atomic E-state index is -0.935. The summed E-state index contributed by atoms with van der Waals surface area (Å²) in [5, 5.41) is 17.1. The van der Waals surface area contributed by atoms with Crippen LogP contribution in [0.4, 0.5) is 15.3 Å². The minimum absolute atomic E-state index is 0.00829. The van der Waals surface area contributed by atoms with E-state index >= 15 is 0 Å². The van der Waals surface area contributed by atoms with E-state index in [2.05, 4.69) is 27.5 Å². The van der Waals surface area contributed by atoms with E-state index in [1.807, 2.05) is 81.4 Å². The third kappa shape index (κ3) is 8.98. The topological polar surface area (TPSA) is 168 Å². The summed E-state index contributed by atoms with van der Waals surface area (Å²) in [5.41, 5.74) is 1.38. The standard InChI is InChI=1S/C39H43N7O6/c1-5-20-45(38(50)52-25-29-14-10-7-11-15-29)32-23-42-36-39(4,44-26(2)3)21-31(46(36)35(32)48)34(47)41-22-27-16-18-30(19-17-27)33(40)43-37(49)51-24-28-12-8-6-9-13-28/h5-19,23,26,31,44H,1,20-22,24-25H2,2-4H3,(H,41,47)(H2,40,43,49)/t31-,39+/m0/s1. The molecule has 2 heterocycles. The lowest BCUT2D eigenvalue weighted by Crippen LogP contribution is -2.44. The maximum Gasteiger partial charge on any atom is 0.415 e. The van der Waals surface area contributed by atoms with E-state index in [0.717, 1.165) is 21.6 Å². The van der Waals surface area contributed by atoms with Crippen LogP contribution in [0.15, 0.2) is 109 Å². The Bertz CT molecular complexity index is 1960. The number of benzene rings is 3. The van der Waals surface area contributed by atoms with Crippen molar-refractivity contribution in [3.63, 3.8) is 0 Å². The van der Waals surface area contributed by atoms with Gasteiger partial charge in [-0.25, -0.2) is 14.6 Å². The molecule has 4 aromatic rings. The Balaban J connectivity index is 1.28.